The van der Waals surface area contributed by atoms with Crippen LogP contribution in [0.1, 0.15) is 35.7 Å². The number of amides is 1. The largest absolute Gasteiger partial charge is 0.374 e. The summed E-state index contributed by atoms with van der Waals surface area (Å²) in [6.07, 6.45) is 0.0434. The molecule has 1 aromatic rings. The van der Waals surface area contributed by atoms with Gasteiger partial charge in [0, 0.05) is 26.2 Å². The summed E-state index contributed by atoms with van der Waals surface area (Å²) in [4.78, 5) is 14.6. The number of hydrogen-bond acceptors (Lipinski definition) is 5. The third-order valence-electron chi connectivity index (χ3n) is 3.60. The van der Waals surface area contributed by atoms with Crippen LogP contribution < -0.4 is 5.32 Å². The van der Waals surface area contributed by atoms with Gasteiger partial charge in [-0.1, -0.05) is 19.0 Å². The normalized spacial score (nSPS) is 20.0. The number of carbonyl (C=O) groups is 1. The highest BCUT2D eigenvalue weighted by Crippen LogP contribution is 2.12. The van der Waals surface area contributed by atoms with Gasteiger partial charge in [0.25, 0.3) is 5.91 Å². The Morgan fingerprint density at radius 3 is 2.86 bits per heavy atom. The summed E-state index contributed by atoms with van der Waals surface area (Å²) in [6.45, 7) is 12.1. The first-order valence-corrected chi connectivity index (χ1v) is 7.52. The molecule has 0 aromatic carbocycles. The standard InChI is InChI=1S/C15H25N3O3/c1-10(2)8-18-5-6-20-13(9-18)7-16-15(19)14-11(3)17-21-12(14)4/h10,13H,5-9H2,1-4H3,(H,16,19). The molecule has 1 amide bonds. The lowest BCUT2D eigenvalue weighted by Crippen LogP contribution is -2.48. The number of nitrogens with one attached hydrogen (secondary N) is 1. The Labute approximate surface area is 125 Å². The Balaban J connectivity index is 1.84. The molecule has 1 aliphatic heterocycles. The van der Waals surface area contributed by atoms with Gasteiger partial charge in [-0.2, -0.15) is 0 Å². The Kier molecular flexibility index (Phi) is 5.36. The van der Waals surface area contributed by atoms with Crippen molar-refractivity contribution in [2.24, 2.45) is 5.92 Å². The maximum Gasteiger partial charge on any atom is 0.256 e. The number of aromatic nitrogens is 1. The van der Waals surface area contributed by atoms with Gasteiger partial charge in [0.2, 0.25) is 0 Å². The van der Waals surface area contributed by atoms with Crippen LogP contribution in [-0.4, -0.2) is 54.9 Å². The molecule has 1 saturated heterocycles. The van der Waals surface area contributed by atoms with Gasteiger partial charge in [-0.05, 0) is 19.8 Å². The summed E-state index contributed by atoms with van der Waals surface area (Å²) in [5, 5.41) is 6.72. The van der Waals surface area contributed by atoms with Crippen LogP contribution in [0.15, 0.2) is 4.52 Å². The van der Waals surface area contributed by atoms with E-state index in [0.717, 1.165) is 26.2 Å². The smallest absolute Gasteiger partial charge is 0.256 e. The van der Waals surface area contributed by atoms with Crippen molar-refractivity contribution in [2.75, 3.05) is 32.8 Å². The van der Waals surface area contributed by atoms with Gasteiger partial charge >= 0.3 is 0 Å². The Bertz CT molecular complexity index is 465. The van der Waals surface area contributed by atoms with E-state index in [2.05, 4.69) is 29.2 Å². The molecule has 1 aliphatic rings. The van der Waals surface area contributed by atoms with Gasteiger partial charge in [-0.3, -0.25) is 9.69 Å². The van der Waals surface area contributed by atoms with Crippen molar-refractivity contribution in [3.63, 3.8) is 0 Å². The van der Waals surface area contributed by atoms with Crippen molar-refractivity contribution in [1.29, 1.82) is 0 Å². The van der Waals surface area contributed by atoms with Crippen LogP contribution in [0.2, 0.25) is 0 Å². The summed E-state index contributed by atoms with van der Waals surface area (Å²) < 4.78 is 10.7. The molecule has 0 aliphatic carbocycles. The maximum absolute atomic E-state index is 12.2. The Morgan fingerprint density at radius 1 is 1.48 bits per heavy atom. The Hall–Kier alpha value is -1.40. The van der Waals surface area contributed by atoms with E-state index in [1.54, 1.807) is 13.8 Å². The zero-order valence-electron chi connectivity index (χ0n) is 13.3. The first kappa shape index (κ1) is 16.0. The highest BCUT2D eigenvalue weighted by molar-refractivity contribution is 5.96. The zero-order valence-corrected chi connectivity index (χ0v) is 13.3. The minimum atomic E-state index is -0.143. The average Bonchev–Trinajstić information content (AvgIpc) is 2.75. The maximum atomic E-state index is 12.2. The van der Waals surface area contributed by atoms with E-state index in [0.29, 0.717) is 29.5 Å². The molecule has 6 heteroatoms. The summed E-state index contributed by atoms with van der Waals surface area (Å²) in [5.41, 5.74) is 1.15. The van der Waals surface area contributed by atoms with E-state index in [1.807, 2.05) is 0 Å². The molecule has 1 aromatic heterocycles. The number of aryl methyl sites for hydroxylation is 2. The number of ether oxygens (including phenoxy) is 1. The molecule has 1 atom stereocenters. The first-order valence-electron chi connectivity index (χ1n) is 7.52. The van der Waals surface area contributed by atoms with Crippen molar-refractivity contribution in [3.05, 3.63) is 17.0 Å². The van der Waals surface area contributed by atoms with Gasteiger partial charge in [0.15, 0.2) is 0 Å². The van der Waals surface area contributed by atoms with E-state index in [1.165, 1.54) is 0 Å². The minimum absolute atomic E-state index is 0.0434. The summed E-state index contributed by atoms with van der Waals surface area (Å²) in [5.74, 6) is 1.05. The summed E-state index contributed by atoms with van der Waals surface area (Å²) in [6, 6.07) is 0. The van der Waals surface area contributed by atoms with Crippen molar-refractivity contribution in [1.82, 2.24) is 15.4 Å². The molecule has 2 rings (SSSR count). The van der Waals surface area contributed by atoms with Crippen molar-refractivity contribution in [2.45, 2.75) is 33.8 Å². The first-order chi connectivity index (χ1) is 9.97. The van der Waals surface area contributed by atoms with Gasteiger partial charge in [-0.25, -0.2) is 0 Å². The monoisotopic (exact) mass is 295 g/mol. The van der Waals surface area contributed by atoms with Crippen molar-refractivity contribution < 1.29 is 14.1 Å². The molecular formula is C15H25N3O3. The SMILES string of the molecule is Cc1noc(C)c1C(=O)NCC1CN(CC(C)C)CCO1. The third-order valence-corrected chi connectivity index (χ3v) is 3.60. The van der Waals surface area contributed by atoms with Crippen LogP contribution in [0.3, 0.4) is 0 Å². The molecule has 118 valence electrons. The third kappa shape index (κ3) is 4.28. The molecule has 0 spiro atoms. The van der Waals surface area contributed by atoms with Crippen LogP contribution in [0.25, 0.3) is 0 Å². The van der Waals surface area contributed by atoms with E-state index in [9.17, 15) is 4.79 Å². The lowest BCUT2D eigenvalue weighted by atomic mass is 10.1. The molecule has 0 radical (unpaired) electrons. The molecule has 1 fully saturated rings. The quantitative estimate of drug-likeness (QED) is 0.889. The van der Waals surface area contributed by atoms with E-state index >= 15 is 0 Å². The highest BCUT2D eigenvalue weighted by Gasteiger charge is 2.23. The number of nitrogens with zero attached hydrogens (tertiary/aromatic N) is 2. The molecule has 21 heavy (non-hydrogen) atoms. The molecule has 1 unspecified atom stereocenters. The molecule has 1 N–H and O–H groups in total. The molecule has 0 bridgehead atoms. The lowest BCUT2D eigenvalue weighted by molar-refractivity contribution is -0.0295. The van der Waals surface area contributed by atoms with E-state index < -0.39 is 0 Å². The molecular weight excluding hydrogens is 270 g/mol. The van der Waals surface area contributed by atoms with Crippen LogP contribution in [0.4, 0.5) is 0 Å². The second-order valence-corrected chi connectivity index (χ2v) is 6.06. The van der Waals surface area contributed by atoms with E-state index in [-0.39, 0.29) is 12.0 Å². The molecule has 0 saturated carbocycles. The second kappa shape index (κ2) is 7.04. The highest BCUT2D eigenvalue weighted by atomic mass is 16.5. The van der Waals surface area contributed by atoms with Crippen LogP contribution in [0.5, 0.6) is 0 Å². The topological polar surface area (TPSA) is 67.6 Å². The minimum Gasteiger partial charge on any atom is -0.374 e. The zero-order chi connectivity index (χ0) is 15.4. The Morgan fingerprint density at radius 2 is 2.24 bits per heavy atom. The van der Waals surface area contributed by atoms with Crippen LogP contribution in [-0.2, 0) is 4.74 Å². The predicted octanol–water partition coefficient (Wildman–Crippen LogP) is 1.38. The number of rotatable bonds is 5. The number of hydrogen-bond donors (Lipinski definition) is 1. The van der Waals surface area contributed by atoms with Crippen molar-refractivity contribution >= 4 is 5.91 Å². The van der Waals surface area contributed by atoms with Crippen LogP contribution in [0, 0.1) is 19.8 Å². The molecule has 2 heterocycles. The van der Waals surface area contributed by atoms with Gasteiger partial charge in [-0.15, -0.1) is 0 Å². The van der Waals surface area contributed by atoms with Gasteiger partial charge in [0.1, 0.15) is 11.3 Å². The lowest BCUT2D eigenvalue weighted by Gasteiger charge is -2.33. The van der Waals surface area contributed by atoms with Crippen molar-refractivity contribution in [3.8, 4) is 0 Å². The number of carbonyl (C=O) groups excluding carboxylic acids is 1. The fraction of sp³-hybridized carbons (Fsp3) is 0.733. The summed E-state index contributed by atoms with van der Waals surface area (Å²) >= 11 is 0. The number of morpholine rings is 1. The van der Waals surface area contributed by atoms with Crippen LogP contribution >= 0.6 is 0 Å². The van der Waals surface area contributed by atoms with E-state index in [4.69, 9.17) is 9.26 Å². The fourth-order valence-electron chi connectivity index (χ4n) is 2.69. The van der Waals surface area contributed by atoms with Gasteiger partial charge in [0.05, 0.1) is 18.4 Å². The fourth-order valence-corrected chi connectivity index (χ4v) is 2.69. The second-order valence-electron chi connectivity index (χ2n) is 6.06. The molecule has 6 nitrogen and oxygen atoms in total. The summed E-state index contributed by atoms with van der Waals surface area (Å²) in [7, 11) is 0. The predicted molar refractivity (Wildman–Crippen MR) is 79.3 cm³/mol. The van der Waals surface area contributed by atoms with Gasteiger partial charge < -0.3 is 14.6 Å². The average molecular weight is 295 g/mol.